The summed E-state index contributed by atoms with van der Waals surface area (Å²) in [6.07, 6.45) is 1.53. The lowest BCUT2D eigenvalue weighted by Gasteiger charge is -2.18. The topological polar surface area (TPSA) is 116 Å². The van der Waals surface area contributed by atoms with Crippen molar-refractivity contribution in [2.75, 3.05) is 30.4 Å². The van der Waals surface area contributed by atoms with Gasteiger partial charge in [0.1, 0.15) is 23.9 Å². The lowest BCUT2D eigenvalue weighted by atomic mass is 10.1. The number of fused-ring (bicyclic) bond motifs is 1. The van der Waals surface area contributed by atoms with Crippen LogP contribution in [-0.4, -0.2) is 36.6 Å². The first-order valence-electron chi connectivity index (χ1n) is 7.32. The summed E-state index contributed by atoms with van der Waals surface area (Å²) in [6.45, 7) is 0.743. The molecule has 0 fully saturated rings. The zero-order valence-corrected chi connectivity index (χ0v) is 12.7. The third-order valence-corrected chi connectivity index (χ3v) is 3.23. The van der Waals surface area contributed by atoms with E-state index in [-0.39, 0.29) is 18.4 Å². The van der Waals surface area contributed by atoms with Crippen molar-refractivity contribution in [3.05, 3.63) is 42.1 Å². The first-order valence-corrected chi connectivity index (χ1v) is 7.32. The number of hydrogen-bond acceptors (Lipinski definition) is 6. The van der Waals surface area contributed by atoms with Gasteiger partial charge in [-0.15, -0.1) is 0 Å². The van der Waals surface area contributed by atoms with Crippen molar-refractivity contribution in [2.24, 2.45) is 5.73 Å². The predicted molar refractivity (Wildman–Crippen MR) is 87.3 cm³/mol. The Balaban J connectivity index is 1.73. The minimum Gasteiger partial charge on any atom is -0.492 e. The number of amides is 2. The van der Waals surface area contributed by atoms with E-state index in [2.05, 4.69) is 15.6 Å². The number of rotatable bonds is 5. The second kappa shape index (κ2) is 6.97. The van der Waals surface area contributed by atoms with Gasteiger partial charge in [-0.05, 0) is 24.3 Å². The molecule has 2 heterocycles. The maximum absolute atomic E-state index is 12.3. The first kappa shape index (κ1) is 15.8. The largest absolute Gasteiger partial charge is 0.492 e. The van der Waals surface area contributed by atoms with Gasteiger partial charge in [-0.1, -0.05) is 0 Å². The Morgan fingerprint density at radius 2 is 2.25 bits per heavy atom. The van der Waals surface area contributed by atoms with Crippen LogP contribution in [0.15, 0.2) is 36.5 Å². The number of aromatic nitrogens is 1. The molecule has 0 radical (unpaired) electrons. The molecular formula is C16H16N4O4. The van der Waals surface area contributed by atoms with E-state index in [9.17, 15) is 9.59 Å². The molecule has 0 saturated heterocycles. The molecule has 0 spiro atoms. The Hall–Kier alpha value is -3.13. The highest BCUT2D eigenvalue weighted by atomic mass is 16.5. The van der Waals surface area contributed by atoms with Crippen molar-refractivity contribution in [3.63, 3.8) is 0 Å². The molecule has 4 N–H and O–H groups in total. The molecule has 0 aliphatic carbocycles. The van der Waals surface area contributed by atoms with Gasteiger partial charge in [0.15, 0.2) is 6.61 Å². The fraction of sp³-hybridized carbons (Fsp3) is 0.188. The number of benzene rings is 1. The highest BCUT2D eigenvalue weighted by molar-refractivity contribution is 6.05. The molecule has 2 aromatic rings. The number of carbonyl (C=O) groups excluding carboxylic acids is 2. The summed E-state index contributed by atoms with van der Waals surface area (Å²) in [7, 11) is 0. The maximum atomic E-state index is 12.3. The molecule has 1 aliphatic heterocycles. The summed E-state index contributed by atoms with van der Waals surface area (Å²) in [5, 5.41) is 5.34. The molecule has 1 aromatic heterocycles. The molecule has 0 saturated carbocycles. The third-order valence-electron chi connectivity index (χ3n) is 3.23. The third kappa shape index (κ3) is 3.61. The van der Waals surface area contributed by atoms with E-state index in [4.69, 9.17) is 15.2 Å². The van der Waals surface area contributed by atoms with E-state index < -0.39 is 0 Å². The number of nitrogens with zero attached hydrogens (tertiary/aromatic N) is 1. The highest BCUT2D eigenvalue weighted by Gasteiger charge is 2.18. The molecule has 0 bridgehead atoms. The Labute approximate surface area is 138 Å². The van der Waals surface area contributed by atoms with Gasteiger partial charge < -0.3 is 25.8 Å². The van der Waals surface area contributed by atoms with Crippen LogP contribution in [0.3, 0.4) is 0 Å². The molecule has 1 aromatic carbocycles. The van der Waals surface area contributed by atoms with Gasteiger partial charge in [-0.2, -0.15) is 0 Å². The summed E-state index contributed by atoms with van der Waals surface area (Å²) in [6, 6.07) is 8.09. The van der Waals surface area contributed by atoms with Crippen LogP contribution >= 0.6 is 0 Å². The van der Waals surface area contributed by atoms with E-state index in [1.54, 1.807) is 30.3 Å². The SMILES string of the molecule is NCCOc1ccnc(NC(=O)c2ccc3c(c2)NC(=O)CO3)c1. The first-order chi connectivity index (χ1) is 11.7. The average molecular weight is 328 g/mol. The van der Waals surface area contributed by atoms with Crippen molar-refractivity contribution in [1.29, 1.82) is 0 Å². The second-order valence-corrected chi connectivity index (χ2v) is 5.02. The van der Waals surface area contributed by atoms with E-state index in [0.29, 0.717) is 41.7 Å². The Bertz CT molecular complexity index is 778. The Morgan fingerprint density at radius 1 is 1.38 bits per heavy atom. The predicted octanol–water partition coefficient (Wildman–Crippen LogP) is 1.00. The van der Waals surface area contributed by atoms with E-state index in [0.717, 1.165) is 0 Å². The zero-order valence-electron chi connectivity index (χ0n) is 12.7. The van der Waals surface area contributed by atoms with E-state index in [1.807, 2.05) is 0 Å². The molecule has 2 amide bonds. The zero-order chi connectivity index (χ0) is 16.9. The van der Waals surface area contributed by atoms with Gasteiger partial charge in [0, 0.05) is 24.4 Å². The molecule has 24 heavy (non-hydrogen) atoms. The molecule has 0 unspecified atom stereocenters. The van der Waals surface area contributed by atoms with Crippen LogP contribution in [0.1, 0.15) is 10.4 Å². The molecule has 8 heteroatoms. The van der Waals surface area contributed by atoms with Crippen LogP contribution < -0.4 is 25.8 Å². The Kier molecular flexibility index (Phi) is 4.57. The van der Waals surface area contributed by atoms with Crippen molar-refractivity contribution in [3.8, 4) is 11.5 Å². The summed E-state index contributed by atoms with van der Waals surface area (Å²) in [5.74, 6) is 0.832. The average Bonchev–Trinajstić information content (AvgIpc) is 2.59. The molecule has 124 valence electrons. The lowest BCUT2D eigenvalue weighted by Crippen LogP contribution is -2.25. The number of hydrogen-bond donors (Lipinski definition) is 3. The molecular weight excluding hydrogens is 312 g/mol. The van der Waals surface area contributed by atoms with Crippen molar-refractivity contribution in [2.45, 2.75) is 0 Å². The van der Waals surface area contributed by atoms with Crippen LogP contribution in [0.2, 0.25) is 0 Å². The van der Waals surface area contributed by atoms with Crippen LogP contribution in [0.25, 0.3) is 0 Å². The Morgan fingerprint density at radius 3 is 3.08 bits per heavy atom. The van der Waals surface area contributed by atoms with Crippen molar-refractivity contribution < 1.29 is 19.1 Å². The fourth-order valence-corrected chi connectivity index (χ4v) is 2.16. The van der Waals surface area contributed by atoms with Gasteiger partial charge in [-0.25, -0.2) is 4.98 Å². The lowest BCUT2D eigenvalue weighted by molar-refractivity contribution is -0.118. The number of anilines is 2. The van der Waals surface area contributed by atoms with Crippen molar-refractivity contribution in [1.82, 2.24) is 4.98 Å². The standard InChI is InChI=1S/C16H16N4O4/c17-4-6-23-11-3-5-18-14(8-11)20-16(22)10-1-2-13-12(7-10)19-15(21)9-24-13/h1-3,5,7-8H,4,6,9,17H2,(H,19,21)(H,18,20,22). The van der Waals surface area contributed by atoms with Gasteiger partial charge >= 0.3 is 0 Å². The molecule has 1 aliphatic rings. The number of pyridine rings is 1. The van der Waals surface area contributed by atoms with Crippen LogP contribution in [-0.2, 0) is 4.79 Å². The maximum Gasteiger partial charge on any atom is 0.262 e. The van der Waals surface area contributed by atoms with Gasteiger partial charge in [0.2, 0.25) is 0 Å². The van der Waals surface area contributed by atoms with Gasteiger partial charge in [-0.3, -0.25) is 9.59 Å². The minimum absolute atomic E-state index is 0.0297. The van der Waals surface area contributed by atoms with Crippen molar-refractivity contribution >= 4 is 23.3 Å². The number of nitrogens with two attached hydrogens (primary N) is 1. The quantitative estimate of drug-likeness (QED) is 0.754. The van der Waals surface area contributed by atoms with Gasteiger partial charge in [0.05, 0.1) is 5.69 Å². The number of carbonyl (C=O) groups is 2. The number of ether oxygens (including phenoxy) is 2. The fourth-order valence-electron chi connectivity index (χ4n) is 2.16. The van der Waals surface area contributed by atoms with E-state index >= 15 is 0 Å². The van der Waals surface area contributed by atoms with Crippen LogP contribution in [0.5, 0.6) is 11.5 Å². The summed E-state index contributed by atoms with van der Waals surface area (Å²) in [4.78, 5) is 27.8. The van der Waals surface area contributed by atoms with Crippen LogP contribution in [0.4, 0.5) is 11.5 Å². The summed E-state index contributed by atoms with van der Waals surface area (Å²) in [5.41, 5.74) is 6.22. The smallest absolute Gasteiger partial charge is 0.262 e. The van der Waals surface area contributed by atoms with Gasteiger partial charge in [0.25, 0.3) is 11.8 Å². The number of nitrogens with one attached hydrogen (secondary N) is 2. The van der Waals surface area contributed by atoms with E-state index in [1.165, 1.54) is 6.20 Å². The molecule has 8 nitrogen and oxygen atoms in total. The summed E-state index contributed by atoms with van der Waals surface area (Å²) < 4.78 is 10.6. The summed E-state index contributed by atoms with van der Waals surface area (Å²) >= 11 is 0. The van der Waals surface area contributed by atoms with Crippen LogP contribution in [0, 0.1) is 0 Å². The normalized spacial score (nSPS) is 12.6. The highest BCUT2D eigenvalue weighted by Crippen LogP contribution is 2.28. The molecule has 3 rings (SSSR count). The monoisotopic (exact) mass is 328 g/mol. The minimum atomic E-state index is -0.360. The second-order valence-electron chi connectivity index (χ2n) is 5.02. The molecule has 0 atom stereocenters.